The van der Waals surface area contributed by atoms with Crippen molar-refractivity contribution in [2.24, 2.45) is 5.92 Å². The second kappa shape index (κ2) is 8.29. The van der Waals surface area contributed by atoms with Gasteiger partial charge < -0.3 is 15.7 Å². The first-order valence-corrected chi connectivity index (χ1v) is 7.28. The Morgan fingerprint density at radius 1 is 1.19 bits per heavy atom. The molecule has 1 aromatic rings. The molecule has 1 unspecified atom stereocenters. The summed E-state index contributed by atoms with van der Waals surface area (Å²) in [5.74, 6) is -0.806. The predicted octanol–water partition coefficient (Wildman–Crippen LogP) is 2.55. The van der Waals surface area contributed by atoms with Gasteiger partial charge in [-0.3, -0.25) is 0 Å². The summed E-state index contributed by atoms with van der Waals surface area (Å²) in [6.45, 7) is 6.30. The van der Waals surface area contributed by atoms with E-state index in [0.29, 0.717) is 13.0 Å². The maximum atomic E-state index is 11.8. The van der Waals surface area contributed by atoms with Crippen molar-refractivity contribution in [1.82, 2.24) is 10.6 Å². The Morgan fingerprint density at radius 3 is 2.33 bits per heavy atom. The first kappa shape index (κ1) is 17.0. The topological polar surface area (TPSA) is 78.4 Å². The lowest BCUT2D eigenvalue weighted by molar-refractivity contribution is -0.139. The van der Waals surface area contributed by atoms with E-state index < -0.39 is 18.0 Å². The van der Waals surface area contributed by atoms with Gasteiger partial charge in [0.1, 0.15) is 6.04 Å². The van der Waals surface area contributed by atoms with Gasteiger partial charge in [0.05, 0.1) is 0 Å². The Balaban J connectivity index is 2.54. The number of hydrogen-bond donors (Lipinski definition) is 3. The molecule has 0 heterocycles. The molecule has 0 saturated carbocycles. The fraction of sp³-hybridized carbons (Fsp3) is 0.500. The number of carboxylic acids is 1. The highest BCUT2D eigenvalue weighted by Crippen LogP contribution is 2.09. The van der Waals surface area contributed by atoms with Crippen molar-refractivity contribution in [3.63, 3.8) is 0 Å². The van der Waals surface area contributed by atoms with Crippen molar-refractivity contribution in [3.05, 3.63) is 35.4 Å². The van der Waals surface area contributed by atoms with Gasteiger partial charge in [0.15, 0.2) is 0 Å². The zero-order valence-corrected chi connectivity index (χ0v) is 12.8. The van der Waals surface area contributed by atoms with Gasteiger partial charge in [-0.2, -0.15) is 0 Å². The summed E-state index contributed by atoms with van der Waals surface area (Å²) < 4.78 is 0. The highest BCUT2D eigenvalue weighted by atomic mass is 16.4. The van der Waals surface area contributed by atoms with Crippen LogP contribution < -0.4 is 10.6 Å². The van der Waals surface area contributed by atoms with Crippen LogP contribution in [-0.4, -0.2) is 23.1 Å². The number of hydrogen-bond acceptors (Lipinski definition) is 2. The van der Waals surface area contributed by atoms with Crippen LogP contribution in [0.2, 0.25) is 0 Å². The zero-order chi connectivity index (χ0) is 15.8. The Kier molecular flexibility index (Phi) is 6.72. The summed E-state index contributed by atoms with van der Waals surface area (Å²) in [6.07, 6.45) is 1.30. The number of carboxylic acid groups (broad SMARTS) is 1. The van der Waals surface area contributed by atoms with Gasteiger partial charge in [-0.05, 0) is 29.9 Å². The van der Waals surface area contributed by atoms with E-state index in [1.807, 2.05) is 38.1 Å². The number of rotatable bonds is 7. The van der Waals surface area contributed by atoms with Crippen molar-refractivity contribution in [2.45, 2.75) is 46.2 Å². The fourth-order valence-corrected chi connectivity index (χ4v) is 2.15. The first-order chi connectivity index (χ1) is 9.93. The maximum absolute atomic E-state index is 11.8. The van der Waals surface area contributed by atoms with Crippen LogP contribution in [0.3, 0.4) is 0 Å². The van der Waals surface area contributed by atoms with Crippen molar-refractivity contribution < 1.29 is 14.7 Å². The molecule has 116 valence electrons. The van der Waals surface area contributed by atoms with Crippen LogP contribution in [0, 0.1) is 5.92 Å². The summed E-state index contributed by atoms with van der Waals surface area (Å²) in [5, 5.41) is 14.3. The van der Waals surface area contributed by atoms with Gasteiger partial charge in [0.25, 0.3) is 0 Å². The Bertz CT molecular complexity index is 486. The van der Waals surface area contributed by atoms with E-state index in [0.717, 1.165) is 12.0 Å². The summed E-state index contributed by atoms with van der Waals surface area (Å²) >= 11 is 0. The smallest absolute Gasteiger partial charge is 0.326 e. The number of carbonyl (C=O) groups is 2. The van der Waals surface area contributed by atoms with E-state index in [4.69, 9.17) is 5.11 Å². The number of carbonyl (C=O) groups excluding carboxylic acids is 1. The summed E-state index contributed by atoms with van der Waals surface area (Å²) in [5.41, 5.74) is 2.22. The molecule has 5 nitrogen and oxygen atoms in total. The van der Waals surface area contributed by atoms with Gasteiger partial charge in [0.2, 0.25) is 0 Å². The molecule has 1 aromatic carbocycles. The largest absolute Gasteiger partial charge is 0.480 e. The maximum Gasteiger partial charge on any atom is 0.326 e. The quantitative estimate of drug-likeness (QED) is 0.722. The normalized spacial score (nSPS) is 12.0. The average molecular weight is 292 g/mol. The number of nitrogens with one attached hydrogen (secondary N) is 2. The monoisotopic (exact) mass is 292 g/mol. The van der Waals surface area contributed by atoms with E-state index in [9.17, 15) is 9.59 Å². The van der Waals surface area contributed by atoms with Crippen LogP contribution in [0.5, 0.6) is 0 Å². The summed E-state index contributed by atoms with van der Waals surface area (Å²) in [7, 11) is 0. The number of amides is 2. The molecule has 21 heavy (non-hydrogen) atoms. The van der Waals surface area contributed by atoms with E-state index in [-0.39, 0.29) is 5.92 Å². The Labute approximate surface area is 125 Å². The molecule has 2 amide bonds. The van der Waals surface area contributed by atoms with Crippen molar-refractivity contribution >= 4 is 12.0 Å². The van der Waals surface area contributed by atoms with E-state index in [1.54, 1.807) is 0 Å². The molecule has 1 rings (SSSR count). The SMILES string of the molecule is CCc1ccccc1CNC(=O)NC(CC(C)C)C(=O)O. The lowest BCUT2D eigenvalue weighted by Crippen LogP contribution is -2.46. The Morgan fingerprint density at radius 2 is 1.81 bits per heavy atom. The first-order valence-electron chi connectivity index (χ1n) is 7.28. The molecule has 5 heteroatoms. The average Bonchev–Trinajstić information content (AvgIpc) is 2.44. The predicted molar refractivity (Wildman–Crippen MR) is 82.1 cm³/mol. The van der Waals surface area contributed by atoms with Crippen molar-refractivity contribution in [1.29, 1.82) is 0 Å². The number of urea groups is 1. The minimum absolute atomic E-state index is 0.201. The van der Waals surface area contributed by atoms with E-state index in [1.165, 1.54) is 5.56 Å². The van der Waals surface area contributed by atoms with Crippen LogP contribution >= 0.6 is 0 Å². The van der Waals surface area contributed by atoms with Crippen molar-refractivity contribution in [3.8, 4) is 0 Å². The fourth-order valence-electron chi connectivity index (χ4n) is 2.15. The second-order valence-corrected chi connectivity index (χ2v) is 5.47. The van der Waals surface area contributed by atoms with Crippen LogP contribution in [0.1, 0.15) is 38.3 Å². The molecule has 0 aliphatic rings. The summed E-state index contributed by atoms with van der Waals surface area (Å²) in [6, 6.07) is 6.56. The lowest BCUT2D eigenvalue weighted by atomic mass is 10.0. The molecule has 0 aliphatic heterocycles. The molecule has 1 atom stereocenters. The standard InChI is InChI=1S/C16H24N2O3/c1-4-12-7-5-6-8-13(12)10-17-16(21)18-14(15(19)20)9-11(2)3/h5-8,11,14H,4,9-10H2,1-3H3,(H,19,20)(H2,17,18,21). The molecule has 0 bridgehead atoms. The molecule has 0 aliphatic carbocycles. The molecule has 0 radical (unpaired) electrons. The third kappa shape index (κ3) is 5.85. The molecular weight excluding hydrogens is 268 g/mol. The van der Waals surface area contributed by atoms with Crippen LogP contribution in [0.4, 0.5) is 4.79 Å². The zero-order valence-electron chi connectivity index (χ0n) is 12.8. The van der Waals surface area contributed by atoms with Gasteiger partial charge in [0, 0.05) is 6.54 Å². The van der Waals surface area contributed by atoms with Gasteiger partial charge in [-0.25, -0.2) is 9.59 Å². The molecule has 0 aromatic heterocycles. The lowest BCUT2D eigenvalue weighted by Gasteiger charge is -2.17. The summed E-state index contributed by atoms with van der Waals surface area (Å²) in [4.78, 5) is 22.9. The molecule has 0 spiro atoms. The highest BCUT2D eigenvalue weighted by Gasteiger charge is 2.20. The van der Waals surface area contributed by atoms with Gasteiger partial charge in [-0.1, -0.05) is 45.0 Å². The minimum Gasteiger partial charge on any atom is -0.480 e. The third-order valence-corrected chi connectivity index (χ3v) is 3.25. The number of benzene rings is 1. The van der Waals surface area contributed by atoms with Crippen LogP contribution in [0.15, 0.2) is 24.3 Å². The third-order valence-electron chi connectivity index (χ3n) is 3.25. The Hall–Kier alpha value is -2.04. The van der Waals surface area contributed by atoms with E-state index in [2.05, 4.69) is 17.6 Å². The molecule has 0 fully saturated rings. The van der Waals surface area contributed by atoms with Gasteiger partial charge in [-0.15, -0.1) is 0 Å². The van der Waals surface area contributed by atoms with Crippen molar-refractivity contribution in [2.75, 3.05) is 0 Å². The number of aryl methyl sites for hydroxylation is 1. The van der Waals surface area contributed by atoms with Gasteiger partial charge >= 0.3 is 12.0 Å². The molecule has 0 saturated heterocycles. The highest BCUT2D eigenvalue weighted by molar-refractivity contribution is 5.82. The van der Waals surface area contributed by atoms with Crippen LogP contribution in [-0.2, 0) is 17.8 Å². The molecular formula is C16H24N2O3. The number of aliphatic carboxylic acids is 1. The van der Waals surface area contributed by atoms with E-state index >= 15 is 0 Å². The minimum atomic E-state index is -1.01. The molecule has 3 N–H and O–H groups in total. The van der Waals surface area contributed by atoms with Crippen LogP contribution in [0.25, 0.3) is 0 Å². The second-order valence-electron chi connectivity index (χ2n) is 5.47.